The van der Waals surface area contributed by atoms with Crippen molar-refractivity contribution in [3.8, 4) is 17.2 Å². The summed E-state index contributed by atoms with van der Waals surface area (Å²) in [5.74, 6) is 0.401. The summed E-state index contributed by atoms with van der Waals surface area (Å²) >= 11 is 5.01. The molecule has 2 aliphatic rings. The van der Waals surface area contributed by atoms with Crippen molar-refractivity contribution in [1.29, 1.82) is 0 Å². The molecule has 0 aliphatic carbocycles. The third-order valence-corrected chi connectivity index (χ3v) is 3.81. The summed E-state index contributed by atoms with van der Waals surface area (Å²) in [4.78, 5) is 25.9. The number of ether oxygens (including phenoxy) is 3. The summed E-state index contributed by atoms with van der Waals surface area (Å²) in [5, 5.41) is 2.55. The topological polar surface area (TPSA) is 77.1 Å². The SMILES string of the molecule is C=CCN1C(=O)C(=Cc2cc(OC)c3c(c2)OCO3)C(=O)NC1=S. The average molecular weight is 346 g/mol. The van der Waals surface area contributed by atoms with Crippen LogP contribution in [0.5, 0.6) is 17.2 Å². The largest absolute Gasteiger partial charge is 0.493 e. The highest BCUT2D eigenvalue weighted by atomic mass is 32.1. The van der Waals surface area contributed by atoms with Gasteiger partial charge in [0.25, 0.3) is 11.8 Å². The second-order valence-corrected chi connectivity index (χ2v) is 5.37. The first-order valence-electron chi connectivity index (χ1n) is 7.02. The fourth-order valence-electron chi connectivity index (χ4n) is 2.39. The molecule has 0 spiro atoms. The van der Waals surface area contributed by atoms with Crippen LogP contribution in [-0.4, -0.2) is 42.3 Å². The van der Waals surface area contributed by atoms with Gasteiger partial charge in [-0.1, -0.05) is 6.08 Å². The van der Waals surface area contributed by atoms with Crippen LogP contribution in [0.3, 0.4) is 0 Å². The van der Waals surface area contributed by atoms with Crippen molar-refractivity contribution < 1.29 is 23.8 Å². The van der Waals surface area contributed by atoms with Crippen LogP contribution >= 0.6 is 12.2 Å². The van der Waals surface area contributed by atoms with Crippen molar-refractivity contribution in [3.63, 3.8) is 0 Å². The minimum atomic E-state index is -0.554. The van der Waals surface area contributed by atoms with Crippen LogP contribution in [0, 0.1) is 0 Å². The van der Waals surface area contributed by atoms with E-state index in [0.717, 1.165) is 0 Å². The summed E-state index contributed by atoms with van der Waals surface area (Å²) < 4.78 is 15.9. The highest BCUT2D eigenvalue weighted by Crippen LogP contribution is 2.42. The van der Waals surface area contributed by atoms with Crippen molar-refractivity contribution >= 4 is 35.2 Å². The molecule has 7 nitrogen and oxygen atoms in total. The van der Waals surface area contributed by atoms with E-state index in [2.05, 4.69) is 11.9 Å². The number of methoxy groups -OCH3 is 1. The van der Waals surface area contributed by atoms with Gasteiger partial charge in [0.2, 0.25) is 12.5 Å². The molecule has 1 aromatic carbocycles. The number of carbonyl (C=O) groups is 2. The number of amides is 2. The highest BCUT2D eigenvalue weighted by Gasteiger charge is 2.32. The molecule has 1 saturated heterocycles. The van der Waals surface area contributed by atoms with Gasteiger partial charge in [-0.25, -0.2) is 0 Å². The first-order chi connectivity index (χ1) is 11.5. The van der Waals surface area contributed by atoms with Crippen LogP contribution in [0.2, 0.25) is 0 Å². The predicted molar refractivity (Wildman–Crippen MR) is 89.7 cm³/mol. The number of nitrogens with zero attached hydrogens (tertiary/aromatic N) is 1. The monoisotopic (exact) mass is 346 g/mol. The maximum Gasteiger partial charge on any atom is 0.265 e. The molecule has 1 aromatic rings. The number of hydrogen-bond donors (Lipinski definition) is 1. The molecule has 24 heavy (non-hydrogen) atoms. The van der Waals surface area contributed by atoms with Gasteiger partial charge in [-0.15, -0.1) is 6.58 Å². The smallest absolute Gasteiger partial charge is 0.265 e. The minimum Gasteiger partial charge on any atom is -0.493 e. The van der Waals surface area contributed by atoms with Crippen LogP contribution in [0.25, 0.3) is 6.08 Å². The molecule has 124 valence electrons. The van der Waals surface area contributed by atoms with Gasteiger partial charge in [0, 0.05) is 6.54 Å². The lowest BCUT2D eigenvalue weighted by atomic mass is 10.1. The van der Waals surface area contributed by atoms with Crippen molar-refractivity contribution in [2.75, 3.05) is 20.4 Å². The first-order valence-corrected chi connectivity index (χ1v) is 7.43. The van der Waals surface area contributed by atoms with E-state index >= 15 is 0 Å². The van der Waals surface area contributed by atoms with Crippen molar-refractivity contribution in [2.45, 2.75) is 0 Å². The van der Waals surface area contributed by atoms with Gasteiger partial charge in [-0.3, -0.25) is 19.8 Å². The van der Waals surface area contributed by atoms with Gasteiger partial charge in [0.15, 0.2) is 16.6 Å². The molecular weight excluding hydrogens is 332 g/mol. The van der Waals surface area contributed by atoms with Crippen molar-refractivity contribution in [3.05, 3.63) is 35.9 Å². The Balaban J connectivity index is 2.01. The number of carbonyl (C=O) groups excluding carboxylic acids is 2. The van der Waals surface area contributed by atoms with Crippen LogP contribution in [-0.2, 0) is 9.59 Å². The molecule has 0 saturated carbocycles. The van der Waals surface area contributed by atoms with E-state index in [1.54, 1.807) is 12.1 Å². The Morgan fingerprint density at radius 2 is 2.21 bits per heavy atom. The Bertz CT molecular complexity index is 787. The fraction of sp³-hybridized carbons (Fsp3) is 0.188. The molecule has 0 unspecified atom stereocenters. The number of fused-ring (bicyclic) bond motifs is 1. The summed E-state index contributed by atoms with van der Waals surface area (Å²) in [5.41, 5.74) is 0.535. The van der Waals surface area contributed by atoms with E-state index in [4.69, 9.17) is 26.4 Å². The molecule has 0 bridgehead atoms. The third-order valence-electron chi connectivity index (χ3n) is 3.49. The first kappa shape index (κ1) is 16.0. The molecule has 1 fully saturated rings. The van der Waals surface area contributed by atoms with E-state index < -0.39 is 11.8 Å². The summed E-state index contributed by atoms with van der Waals surface area (Å²) in [6.45, 7) is 3.88. The Morgan fingerprint density at radius 3 is 2.92 bits per heavy atom. The molecule has 0 atom stereocenters. The van der Waals surface area contributed by atoms with Gasteiger partial charge in [0.05, 0.1) is 7.11 Å². The number of hydrogen-bond acceptors (Lipinski definition) is 6. The zero-order valence-corrected chi connectivity index (χ0v) is 13.6. The van der Waals surface area contributed by atoms with Crippen molar-refractivity contribution in [1.82, 2.24) is 10.2 Å². The Hall–Kier alpha value is -2.87. The quantitative estimate of drug-likeness (QED) is 0.383. The maximum absolute atomic E-state index is 12.5. The summed E-state index contributed by atoms with van der Waals surface area (Å²) in [6, 6.07) is 3.33. The van der Waals surface area contributed by atoms with Crippen LogP contribution < -0.4 is 19.5 Å². The zero-order chi connectivity index (χ0) is 17.3. The third kappa shape index (κ3) is 2.71. The van der Waals surface area contributed by atoms with E-state index in [1.807, 2.05) is 0 Å². The van der Waals surface area contributed by atoms with Gasteiger partial charge >= 0.3 is 0 Å². The number of rotatable bonds is 4. The minimum absolute atomic E-state index is 0.0358. The number of benzene rings is 1. The number of nitrogens with one attached hydrogen (secondary N) is 1. The Morgan fingerprint density at radius 1 is 1.42 bits per heavy atom. The molecule has 8 heteroatoms. The van der Waals surface area contributed by atoms with Crippen molar-refractivity contribution in [2.24, 2.45) is 0 Å². The average Bonchev–Trinajstić information content (AvgIpc) is 3.03. The fourth-order valence-corrected chi connectivity index (χ4v) is 2.64. The lowest BCUT2D eigenvalue weighted by molar-refractivity contribution is -0.128. The van der Waals surface area contributed by atoms with Crippen LogP contribution in [0.4, 0.5) is 0 Å². The Kier molecular flexibility index (Phi) is 4.22. The lowest BCUT2D eigenvalue weighted by Gasteiger charge is -2.27. The second kappa shape index (κ2) is 6.32. The summed E-state index contributed by atoms with van der Waals surface area (Å²) in [6.07, 6.45) is 2.99. The normalized spacial score (nSPS) is 18.0. The van der Waals surface area contributed by atoms with Crippen LogP contribution in [0.1, 0.15) is 5.56 Å². The second-order valence-electron chi connectivity index (χ2n) is 4.98. The molecular formula is C16H14N2O5S. The summed E-state index contributed by atoms with van der Waals surface area (Å²) in [7, 11) is 1.50. The molecule has 1 N–H and O–H groups in total. The van der Waals surface area contributed by atoms with Gasteiger partial charge < -0.3 is 14.2 Å². The maximum atomic E-state index is 12.5. The number of thiocarbonyl (C=S) groups is 1. The predicted octanol–water partition coefficient (Wildman–Crippen LogP) is 1.24. The van der Waals surface area contributed by atoms with E-state index in [0.29, 0.717) is 22.8 Å². The zero-order valence-electron chi connectivity index (χ0n) is 12.8. The van der Waals surface area contributed by atoms with Gasteiger partial charge in [-0.05, 0) is 36.0 Å². The molecule has 2 heterocycles. The molecule has 2 amide bonds. The molecule has 0 radical (unpaired) electrons. The molecule has 3 rings (SSSR count). The van der Waals surface area contributed by atoms with E-state index in [-0.39, 0.29) is 24.0 Å². The Labute approximate surface area is 143 Å². The van der Waals surface area contributed by atoms with E-state index in [9.17, 15) is 9.59 Å². The van der Waals surface area contributed by atoms with Gasteiger partial charge in [-0.2, -0.15) is 0 Å². The molecule has 2 aliphatic heterocycles. The standard InChI is InChI=1S/C16H14N2O5S/c1-3-4-18-15(20)10(14(19)17-16(18)24)5-9-6-11(21-2)13-12(7-9)22-8-23-13/h3,5-7H,1,4,8H2,2H3,(H,17,19,24). The lowest BCUT2D eigenvalue weighted by Crippen LogP contribution is -2.53. The van der Waals surface area contributed by atoms with E-state index in [1.165, 1.54) is 24.2 Å². The molecule has 0 aromatic heterocycles. The highest BCUT2D eigenvalue weighted by molar-refractivity contribution is 7.80. The van der Waals surface area contributed by atoms with Gasteiger partial charge in [0.1, 0.15) is 5.57 Å². The van der Waals surface area contributed by atoms with Crippen LogP contribution in [0.15, 0.2) is 30.4 Å².